The Kier molecular flexibility index (Phi) is 3.33. The van der Waals surface area contributed by atoms with E-state index < -0.39 is 149 Å². The lowest BCUT2D eigenvalue weighted by Crippen LogP contribution is -2.10. The van der Waals surface area contributed by atoms with E-state index in [4.69, 9.17) is 20.9 Å². The highest BCUT2D eigenvalue weighted by molar-refractivity contribution is 7.26. The van der Waals surface area contributed by atoms with E-state index in [0.717, 1.165) is 21.6 Å². The van der Waals surface area contributed by atoms with Crippen molar-refractivity contribution in [2.24, 2.45) is 0 Å². The van der Waals surface area contributed by atoms with Gasteiger partial charge in [0.15, 0.2) is 0 Å². The van der Waals surface area contributed by atoms with E-state index in [1.165, 1.54) is 12.1 Å². The molecule has 0 spiro atoms. The lowest BCUT2D eigenvalue weighted by molar-refractivity contribution is 0.672. The van der Waals surface area contributed by atoms with Gasteiger partial charge in [0.25, 0.3) is 0 Å². The third-order valence-electron chi connectivity index (χ3n) is 8.21. The van der Waals surface area contributed by atoms with Gasteiger partial charge in [0.2, 0.25) is 0 Å². The molecular formula is C46H29NOS. The van der Waals surface area contributed by atoms with Gasteiger partial charge in [0.1, 0.15) is 11.2 Å². The molecule has 230 valence electrons. The van der Waals surface area contributed by atoms with E-state index in [9.17, 15) is 11.0 Å². The highest BCUT2D eigenvalue weighted by Gasteiger charge is 2.21. The Morgan fingerprint density at radius 3 is 2.06 bits per heavy atom. The summed E-state index contributed by atoms with van der Waals surface area (Å²) in [5, 5.41) is 1.99. The molecule has 0 atom stereocenters. The van der Waals surface area contributed by atoms with Crippen molar-refractivity contribution in [3.8, 4) is 22.3 Å². The zero-order chi connectivity index (χ0) is 49.7. The molecule has 2 heterocycles. The summed E-state index contributed by atoms with van der Waals surface area (Å²) in [5.74, 6) is 0. The molecule has 0 radical (unpaired) electrons. The number of hydrogen-bond donors (Lipinski definition) is 0. The fourth-order valence-corrected chi connectivity index (χ4v) is 7.11. The van der Waals surface area contributed by atoms with E-state index in [1.807, 2.05) is 30.3 Å². The summed E-state index contributed by atoms with van der Waals surface area (Å²) in [6, 6.07) is 0.720. The van der Waals surface area contributed by atoms with Crippen molar-refractivity contribution in [1.82, 2.24) is 0 Å². The fourth-order valence-electron chi connectivity index (χ4n) is 6.04. The number of benzene rings is 8. The Balaban J connectivity index is 1.34. The maximum atomic E-state index is 9.72. The number of nitrogens with zero attached hydrogens (tertiary/aromatic N) is 1. The molecule has 0 N–H and O–H groups in total. The van der Waals surface area contributed by atoms with Gasteiger partial charge >= 0.3 is 0 Å². The molecule has 10 rings (SSSR count). The van der Waals surface area contributed by atoms with Crippen LogP contribution in [0.15, 0.2) is 180 Å². The maximum Gasteiger partial charge on any atom is 0.143 e. The van der Waals surface area contributed by atoms with Gasteiger partial charge in [-0.3, -0.25) is 0 Å². The molecule has 0 saturated carbocycles. The van der Waals surface area contributed by atoms with Crippen LogP contribution in [0.1, 0.15) is 27.4 Å². The summed E-state index contributed by atoms with van der Waals surface area (Å²) in [7, 11) is 0. The summed E-state index contributed by atoms with van der Waals surface area (Å²) in [4.78, 5) is 1.02. The van der Waals surface area contributed by atoms with Crippen molar-refractivity contribution in [2.75, 3.05) is 4.90 Å². The minimum Gasteiger partial charge on any atom is -0.455 e. The number of rotatable bonds is 5. The zero-order valence-corrected chi connectivity index (χ0v) is 25.8. The third-order valence-corrected chi connectivity index (χ3v) is 9.34. The van der Waals surface area contributed by atoms with Crippen molar-refractivity contribution in [2.45, 2.75) is 0 Å². The van der Waals surface area contributed by atoms with E-state index >= 15 is 0 Å². The molecule has 0 fully saturated rings. The van der Waals surface area contributed by atoms with Gasteiger partial charge in [-0.15, -0.1) is 11.3 Å². The normalized spacial score (nSPS) is 17.4. The van der Waals surface area contributed by atoms with Crippen molar-refractivity contribution < 1.29 is 31.8 Å². The highest BCUT2D eigenvalue weighted by atomic mass is 32.1. The summed E-state index contributed by atoms with van der Waals surface area (Å²) < 4.78 is 185. The molecular weight excluding hydrogens is 615 g/mol. The maximum absolute atomic E-state index is 9.72. The second kappa shape index (κ2) is 11.2. The van der Waals surface area contributed by atoms with Crippen molar-refractivity contribution in [1.29, 1.82) is 0 Å². The topological polar surface area (TPSA) is 16.4 Å². The smallest absolute Gasteiger partial charge is 0.143 e. The minimum absolute atomic E-state index is 0.00475. The Labute approximate surface area is 315 Å². The predicted molar refractivity (Wildman–Crippen MR) is 210 cm³/mol. The average molecular weight is 664 g/mol. The van der Waals surface area contributed by atoms with Crippen molar-refractivity contribution in [3.05, 3.63) is 175 Å². The van der Waals surface area contributed by atoms with Gasteiger partial charge in [0, 0.05) is 42.3 Å². The molecule has 0 amide bonds. The second-order valence-electron chi connectivity index (χ2n) is 11.0. The van der Waals surface area contributed by atoms with E-state index in [1.54, 1.807) is 12.1 Å². The number of anilines is 3. The van der Waals surface area contributed by atoms with Crippen LogP contribution in [0.3, 0.4) is 0 Å². The molecule has 0 aliphatic rings. The standard InChI is InChI=1S/C46H29NOS/c1-2-10-30(11-3-1)31-20-25-34(26-21-31)47(41-17-9-18-42-44(41)40-29-24-32-12-4-5-13-36(32)45(40)48-42)35-27-22-33(23-28-35)37-15-8-16-39-38-14-6-7-19-43(38)49-46(37)39/h1-29H/i1D,2D,3D,6D,7D,8D,10D,11D,14D,15D,16D,19D,20D,21D,22D,23D,25D,26D,27D,28D. The average Bonchev–Trinajstić information content (AvgIpc) is 3.94. The summed E-state index contributed by atoms with van der Waals surface area (Å²) in [5.41, 5.74) is -2.75. The fraction of sp³-hybridized carbons (Fsp3) is 0. The molecule has 10 aromatic rings. The first kappa shape index (κ1) is 14.5. The highest BCUT2D eigenvalue weighted by Crippen LogP contribution is 2.45. The van der Waals surface area contributed by atoms with Gasteiger partial charge in [0.05, 0.1) is 38.5 Å². The third kappa shape index (κ3) is 4.55. The number of furan rings is 1. The number of thiophene rings is 1. The molecule has 8 aromatic carbocycles. The quantitative estimate of drug-likeness (QED) is 0.182. The van der Waals surface area contributed by atoms with E-state index in [2.05, 4.69) is 0 Å². The second-order valence-corrected chi connectivity index (χ2v) is 12.0. The zero-order valence-electron chi connectivity index (χ0n) is 45.0. The van der Waals surface area contributed by atoms with Crippen LogP contribution in [0.4, 0.5) is 17.1 Å². The predicted octanol–water partition coefficient (Wildman–Crippen LogP) is 13.9. The summed E-state index contributed by atoms with van der Waals surface area (Å²) in [6.45, 7) is 0. The van der Waals surface area contributed by atoms with Crippen LogP contribution in [-0.4, -0.2) is 0 Å². The number of hydrogen-bond acceptors (Lipinski definition) is 3. The van der Waals surface area contributed by atoms with Gasteiger partial charge in [-0.2, -0.15) is 0 Å². The van der Waals surface area contributed by atoms with Crippen LogP contribution >= 0.6 is 11.3 Å². The largest absolute Gasteiger partial charge is 0.455 e. The lowest BCUT2D eigenvalue weighted by atomic mass is 10.0. The monoisotopic (exact) mass is 663 g/mol. The molecule has 0 aliphatic carbocycles. The van der Waals surface area contributed by atoms with Crippen molar-refractivity contribution in [3.63, 3.8) is 0 Å². The Morgan fingerprint density at radius 2 is 1.22 bits per heavy atom. The Hall–Kier alpha value is -6.16. The van der Waals surface area contributed by atoms with Gasteiger partial charge in [-0.25, -0.2) is 0 Å². The first-order chi connectivity index (χ1) is 32.6. The van der Waals surface area contributed by atoms with Crippen LogP contribution in [-0.2, 0) is 0 Å². The molecule has 2 nitrogen and oxygen atoms in total. The van der Waals surface area contributed by atoms with E-state index in [-0.39, 0.29) is 42.4 Å². The van der Waals surface area contributed by atoms with Gasteiger partial charge in [-0.05, 0) is 76.1 Å². The SMILES string of the molecule is [2H]c1c([2H])c([2H])c(-c2c([2H])c([2H])c(N(c3c([2H])c([2H])c(-c4c([2H])c([2H])c([2H])c5c4sc4c([2H])c([2H])c([2H])c([2H])c45)c([2H])c3[2H])c3cccc4oc5c6ccccc6ccc5c34)c([2H])c2[2H])c([2H])c1[2H]. The van der Waals surface area contributed by atoms with Gasteiger partial charge < -0.3 is 9.32 Å². The first-order valence-electron chi connectivity index (χ1n) is 25.0. The molecule has 0 unspecified atom stereocenters. The summed E-state index contributed by atoms with van der Waals surface area (Å²) in [6.07, 6.45) is 0. The molecule has 3 heteroatoms. The van der Waals surface area contributed by atoms with E-state index in [0.29, 0.717) is 16.4 Å². The molecule has 0 bridgehead atoms. The van der Waals surface area contributed by atoms with Crippen LogP contribution in [0.25, 0.3) is 75.1 Å². The number of fused-ring (bicyclic) bond motifs is 8. The van der Waals surface area contributed by atoms with Crippen molar-refractivity contribution >= 4 is 81.3 Å². The molecule has 0 saturated heterocycles. The molecule has 49 heavy (non-hydrogen) atoms. The van der Waals surface area contributed by atoms with Crippen LogP contribution in [0.2, 0.25) is 0 Å². The minimum atomic E-state index is -0.865. The van der Waals surface area contributed by atoms with Crippen LogP contribution in [0.5, 0.6) is 0 Å². The first-order valence-corrected chi connectivity index (χ1v) is 15.8. The Bertz CT molecular complexity index is 3910. The van der Waals surface area contributed by atoms with Crippen LogP contribution < -0.4 is 4.90 Å². The van der Waals surface area contributed by atoms with Gasteiger partial charge in [-0.1, -0.05) is 127 Å². The molecule has 0 aliphatic heterocycles. The molecule has 2 aromatic heterocycles. The summed E-state index contributed by atoms with van der Waals surface area (Å²) >= 11 is 0.736. The van der Waals surface area contributed by atoms with Crippen LogP contribution in [0, 0.1) is 0 Å². The lowest BCUT2D eigenvalue weighted by Gasteiger charge is -2.26. The Morgan fingerprint density at radius 1 is 0.510 bits per heavy atom.